The summed E-state index contributed by atoms with van der Waals surface area (Å²) in [7, 11) is 3.89. The molecule has 0 saturated heterocycles. The number of pyridine rings is 1. The van der Waals surface area contributed by atoms with E-state index in [1.54, 1.807) is 0 Å². The number of nitrogens with one attached hydrogen (secondary N) is 2. The second kappa shape index (κ2) is 13.8. The van der Waals surface area contributed by atoms with Crippen LogP contribution in [0.25, 0.3) is 33.1 Å². The van der Waals surface area contributed by atoms with Crippen molar-refractivity contribution in [1.29, 1.82) is 5.41 Å². The fourth-order valence-electron chi connectivity index (χ4n) is 7.58. The van der Waals surface area contributed by atoms with Gasteiger partial charge >= 0.3 is 0 Å². The standard InChI is InChI=1S/C39H41Cl2N9O2/c1-21-17-26(18-22(2)35(21)41)52-16-8-9-27-28-10-11-29(40)34(33-24(4)46-48(7)25(33)5)37(28)50-23(3)19-49(39(51)38(27)50)31-20-47(6)30-12-13-32(44-36(30)31)45-43-15-14-42/h10-15,17-18,20,23,42H,8-9,16,19H2,1-7H3,(H,44,45)/b42-14?,43-15-/t23-/m1/s1. The third kappa shape index (κ3) is 5.91. The van der Waals surface area contributed by atoms with E-state index in [1.807, 2.05) is 98.5 Å². The molecule has 0 saturated carbocycles. The summed E-state index contributed by atoms with van der Waals surface area (Å²) in [5.74, 6) is 1.18. The average Bonchev–Trinajstić information content (AvgIpc) is 3.71. The molecule has 6 aromatic rings. The Morgan fingerprint density at radius 2 is 1.83 bits per heavy atom. The minimum absolute atomic E-state index is 0.106. The first kappa shape index (κ1) is 35.3. The van der Waals surface area contributed by atoms with Crippen LogP contribution >= 0.6 is 23.2 Å². The summed E-state index contributed by atoms with van der Waals surface area (Å²) >= 11 is 13.5. The van der Waals surface area contributed by atoms with Gasteiger partial charge in [0.1, 0.15) is 22.8 Å². The Balaban J connectivity index is 1.36. The normalized spacial score (nSPS) is 14.6. The van der Waals surface area contributed by atoms with Gasteiger partial charge < -0.3 is 24.2 Å². The molecule has 0 bridgehead atoms. The lowest BCUT2D eigenvalue weighted by molar-refractivity contribution is 0.0957. The molecule has 1 amide bonds. The van der Waals surface area contributed by atoms with Gasteiger partial charge in [0.2, 0.25) is 0 Å². The summed E-state index contributed by atoms with van der Waals surface area (Å²) < 4.78 is 12.3. The topological polar surface area (TPSA) is 118 Å². The number of rotatable bonds is 10. The van der Waals surface area contributed by atoms with Gasteiger partial charge in [-0.25, -0.2) is 4.98 Å². The molecule has 7 rings (SSSR count). The molecule has 2 N–H and O–H groups in total. The number of hydrogen-bond donors (Lipinski definition) is 2. The Morgan fingerprint density at radius 1 is 1.08 bits per heavy atom. The van der Waals surface area contributed by atoms with E-state index in [9.17, 15) is 0 Å². The predicted molar refractivity (Wildman–Crippen MR) is 211 cm³/mol. The van der Waals surface area contributed by atoms with Crippen molar-refractivity contribution in [3.05, 3.63) is 86.4 Å². The molecule has 5 heterocycles. The van der Waals surface area contributed by atoms with Crippen LogP contribution in [0, 0.1) is 33.1 Å². The number of fused-ring (bicyclic) bond motifs is 4. The molecular formula is C39H41Cl2N9O2. The maximum atomic E-state index is 15.0. The van der Waals surface area contributed by atoms with E-state index < -0.39 is 0 Å². The van der Waals surface area contributed by atoms with Crippen LogP contribution in [0.15, 0.2) is 47.7 Å². The van der Waals surface area contributed by atoms with E-state index in [0.29, 0.717) is 53.7 Å². The highest BCUT2D eigenvalue weighted by atomic mass is 35.5. The van der Waals surface area contributed by atoms with Gasteiger partial charge in [-0.3, -0.25) is 14.9 Å². The molecule has 0 unspecified atom stereocenters. The summed E-state index contributed by atoms with van der Waals surface area (Å²) in [6.07, 6.45) is 5.67. The number of anilines is 2. The second-order valence-electron chi connectivity index (χ2n) is 13.5. The van der Waals surface area contributed by atoms with Gasteiger partial charge in [-0.05, 0) is 94.5 Å². The highest BCUT2D eigenvalue weighted by Gasteiger charge is 2.38. The lowest BCUT2D eigenvalue weighted by Crippen LogP contribution is -2.42. The maximum Gasteiger partial charge on any atom is 0.275 e. The minimum Gasteiger partial charge on any atom is -0.494 e. The zero-order chi connectivity index (χ0) is 37.0. The molecule has 1 atom stereocenters. The third-order valence-corrected chi connectivity index (χ3v) is 10.9. The molecule has 1 aliphatic heterocycles. The molecule has 1 aliphatic rings. The van der Waals surface area contributed by atoms with Crippen molar-refractivity contribution in [2.24, 2.45) is 19.2 Å². The van der Waals surface area contributed by atoms with Crippen LogP contribution in [-0.4, -0.2) is 55.4 Å². The lowest BCUT2D eigenvalue weighted by Gasteiger charge is -2.34. The van der Waals surface area contributed by atoms with Crippen molar-refractivity contribution < 1.29 is 9.53 Å². The number of aromatic nitrogens is 5. The number of nitrogens with zero attached hydrogens (tertiary/aromatic N) is 7. The fraction of sp³-hybridized carbons (Fsp3) is 0.308. The van der Waals surface area contributed by atoms with E-state index in [4.69, 9.17) is 43.4 Å². The van der Waals surface area contributed by atoms with Gasteiger partial charge in [-0.1, -0.05) is 29.3 Å². The maximum absolute atomic E-state index is 15.0. The van der Waals surface area contributed by atoms with Crippen LogP contribution in [0.4, 0.5) is 11.5 Å². The molecule has 4 aromatic heterocycles. The van der Waals surface area contributed by atoms with Crippen molar-refractivity contribution in [2.75, 3.05) is 23.5 Å². The summed E-state index contributed by atoms with van der Waals surface area (Å²) in [5.41, 5.74) is 13.4. The number of benzene rings is 2. The summed E-state index contributed by atoms with van der Waals surface area (Å²) in [4.78, 5) is 21.7. The van der Waals surface area contributed by atoms with E-state index in [2.05, 4.69) is 22.0 Å². The molecule has 268 valence electrons. The first-order valence-electron chi connectivity index (χ1n) is 17.2. The second-order valence-corrected chi connectivity index (χ2v) is 14.3. The largest absolute Gasteiger partial charge is 0.494 e. The number of ether oxygens (including phenoxy) is 1. The highest BCUT2D eigenvalue weighted by Crippen LogP contribution is 2.45. The number of halogens is 2. The molecule has 13 heteroatoms. The number of carbonyl (C=O) groups excluding carboxylic acids is 1. The molecule has 0 spiro atoms. The van der Waals surface area contributed by atoms with E-state index in [0.717, 1.165) is 72.6 Å². The Kier molecular flexibility index (Phi) is 9.35. The van der Waals surface area contributed by atoms with E-state index in [-0.39, 0.29) is 11.9 Å². The van der Waals surface area contributed by atoms with Crippen molar-refractivity contribution >= 4 is 75.0 Å². The lowest BCUT2D eigenvalue weighted by atomic mass is 9.98. The first-order chi connectivity index (χ1) is 24.9. The number of amides is 1. The van der Waals surface area contributed by atoms with Crippen LogP contribution in [0.5, 0.6) is 5.75 Å². The summed E-state index contributed by atoms with van der Waals surface area (Å²) in [6, 6.07) is 11.6. The monoisotopic (exact) mass is 737 g/mol. The molecule has 2 aromatic carbocycles. The fourth-order valence-corrected chi connectivity index (χ4v) is 7.93. The van der Waals surface area contributed by atoms with E-state index in [1.165, 1.54) is 6.21 Å². The van der Waals surface area contributed by atoms with Crippen LogP contribution in [0.2, 0.25) is 10.0 Å². The minimum atomic E-state index is -0.108. The molecule has 0 fully saturated rings. The summed E-state index contributed by atoms with van der Waals surface area (Å²) in [6.45, 7) is 11.0. The number of aryl methyl sites for hydroxylation is 6. The van der Waals surface area contributed by atoms with Gasteiger partial charge in [0.15, 0.2) is 0 Å². The van der Waals surface area contributed by atoms with Crippen LogP contribution in [0.3, 0.4) is 0 Å². The van der Waals surface area contributed by atoms with Crippen LogP contribution < -0.4 is 15.1 Å². The zero-order valence-electron chi connectivity index (χ0n) is 30.3. The van der Waals surface area contributed by atoms with Gasteiger partial charge in [0, 0.05) is 66.3 Å². The molecule has 11 nitrogen and oxygen atoms in total. The van der Waals surface area contributed by atoms with Gasteiger partial charge in [0.05, 0.1) is 40.3 Å². The molecular weight excluding hydrogens is 697 g/mol. The molecule has 52 heavy (non-hydrogen) atoms. The van der Waals surface area contributed by atoms with Crippen molar-refractivity contribution in [2.45, 2.75) is 53.5 Å². The first-order valence-corrected chi connectivity index (χ1v) is 18.0. The number of hydrazone groups is 1. The van der Waals surface area contributed by atoms with Crippen LogP contribution in [0.1, 0.15) is 58.0 Å². The average molecular weight is 739 g/mol. The smallest absolute Gasteiger partial charge is 0.275 e. The van der Waals surface area contributed by atoms with Gasteiger partial charge in [-0.2, -0.15) is 10.2 Å². The third-order valence-electron chi connectivity index (χ3n) is 10.00. The summed E-state index contributed by atoms with van der Waals surface area (Å²) in [5, 5.41) is 18.3. The predicted octanol–water partition coefficient (Wildman–Crippen LogP) is 8.75. The Morgan fingerprint density at radius 3 is 2.52 bits per heavy atom. The Hall–Kier alpha value is -5.13. The van der Waals surface area contributed by atoms with Gasteiger partial charge in [0.25, 0.3) is 5.91 Å². The Bertz CT molecular complexity index is 2410. The van der Waals surface area contributed by atoms with Crippen LogP contribution in [-0.2, 0) is 20.5 Å². The quantitative estimate of drug-likeness (QED) is 0.0828. The number of carbonyl (C=O) groups is 1. The van der Waals surface area contributed by atoms with Gasteiger partial charge in [-0.15, -0.1) is 0 Å². The van der Waals surface area contributed by atoms with E-state index >= 15 is 4.79 Å². The highest BCUT2D eigenvalue weighted by molar-refractivity contribution is 6.35. The number of hydrogen-bond acceptors (Lipinski definition) is 7. The SMILES string of the molecule is Cc1cc(OCCCc2c3n(c4c(-c5c(C)nn(C)c5C)c(Cl)ccc24)[C@H](C)CN(c2cn(C)c4ccc(N/N=C\C=N)nc24)C3=O)cc(C)c1Cl. The van der Waals surface area contributed by atoms with Crippen molar-refractivity contribution in [3.63, 3.8) is 0 Å². The molecule has 0 radical (unpaired) electrons. The Labute approximate surface area is 312 Å². The van der Waals surface area contributed by atoms with Crippen molar-refractivity contribution in [1.82, 2.24) is 23.9 Å². The zero-order valence-corrected chi connectivity index (χ0v) is 31.8. The van der Waals surface area contributed by atoms with Crippen molar-refractivity contribution in [3.8, 4) is 16.9 Å². The molecule has 0 aliphatic carbocycles.